The summed E-state index contributed by atoms with van der Waals surface area (Å²) in [6.07, 6.45) is -0.0112. The maximum atomic E-state index is 12.8. The first-order valence-electron chi connectivity index (χ1n) is 12.2. The SMILES string of the molecule is CN(C)c1ccc2c(c1)[C@H]1C[C@H](CC(=O)NCc3ccc(-c4ccccc4)cc3)O[C@H](CO)[C@H]1O2. The van der Waals surface area contributed by atoms with Gasteiger partial charge in [-0.05, 0) is 41.3 Å². The average molecular weight is 473 g/mol. The molecule has 0 saturated carbocycles. The fourth-order valence-corrected chi connectivity index (χ4v) is 5.08. The molecule has 35 heavy (non-hydrogen) atoms. The monoisotopic (exact) mass is 472 g/mol. The molecule has 0 bridgehead atoms. The summed E-state index contributed by atoms with van der Waals surface area (Å²) in [5.74, 6) is 0.884. The van der Waals surface area contributed by atoms with E-state index < -0.39 is 6.10 Å². The molecule has 182 valence electrons. The van der Waals surface area contributed by atoms with E-state index in [4.69, 9.17) is 9.47 Å². The third-order valence-electron chi connectivity index (χ3n) is 6.96. The van der Waals surface area contributed by atoms with E-state index in [-0.39, 0.29) is 37.1 Å². The number of benzene rings is 3. The molecule has 3 aromatic rings. The van der Waals surface area contributed by atoms with Crippen LogP contribution in [0.25, 0.3) is 11.1 Å². The van der Waals surface area contributed by atoms with Gasteiger partial charge in [0.05, 0.1) is 19.1 Å². The van der Waals surface area contributed by atoms with Crippen LogP contribution in [0.2, 0.25) is 0 Å². The number of aliphatic hydroxyl groups is 1. The van der Waals surface area contributed by atoms with Crippen LogP contribution < -0.4 is 15.0 Å². The van der Waals surface area contributed by atoms with E-state index in [2.05, 4.69) is 40.5 Å². The zero-order valence-electron chi connectivity index (χ0n) is 20.2. The molecule has 2 heterocycles. The molecule has 2 aliphatic heterocycles. The highest BCUT2D eigenvalue weighted by Gasteiger charge is 2.46. The predicted octanol–water partition coefficient (Wildman–Crippen LogP) is 4.12. The first-order valence-corrected chi connectivity index (χ1v) is 12.2. The van der Waals surface area contributed by atoms with Gasteiger partial charge in [0.25, 0.3) is 0 Å². The van der Waals surface area contributed by atoms with Crippen molar-refractivity contribution in [3.05, 3.63) is 83.9 Å². The molecule has 6 heteroatoms. The van der Waals surface area contributed by atoms with Gasteiger partial charge in [0, 0.05) is 37.8 Å². The first kappa shape index (κ1) is 23.4. The Balaban J connectivity index is 1.20. The fourth-order valence-electron chi connectivity index (χ4n) is 5.08. The van der Waals surface area contributed by atoms with E-state index in [0.717, 1.165) is 28.1 Å². The highest BCUT2D eigenvalue weighted by atomic mass is 16.6. The number of hydrogen-bond acceptors (Lipinski definition) is 5. The van der Waals surface area contributed by atoms with Crippen LogP contribution in [-0.4, -0.2) is 50.0 Å². The minimum atomic E-state index is -0.452. The number of anilines is 1. The van der Waals surface area contributed by atoms with Gasteiger partial charge in [-0.2, -0.15) is 0 Å². The smallest absolute Gasteiger partial charge is 0.222 e. The van der Waals surface area contributed by atoms with Crippen LogP contribution in [0.5, 0.6) is 5.75 Å². The quantitative estimate of drug-likeness (QED) is 0.541. The van der Waals surface area contributed by atoms with Gasteiger partial charge in [0.15, 0.2) is 0 Å². The second kappa shape index (κ2) is 10.1. The van der Waals surface area contributed by atoms with Gasteiger partial charge in [0.2, 0.25) is 5.91 Å². The van der Waals surface area contributed by atoms with Crippen molar-refractivity contribution in [2.24, 2.45) is 0 Å². The van der Waals surface area contributed by atoms with Gasteiger partial charge < -0.3 is 24.8 Å². The number of rotatable bonds is 7. The number of ether oxygens (including phenoxy) is 2. The number of aliphatic hydroxyl groups excluding tert-OH is 1. The topological polar surface area (TPSA) is 71.0 Å². The van der Waals surface area contributed by atoms with E-state index in [1.165, 1.54) is 5.56 Å². The Kier molecular flexibility index (Phi) is 6.75. The Bertz CT molecular complexity index is 1160. The summed E-state index contributed by atoms with van der Waals surface area (Å²) in [4.78, 5) is 14.8. The number of carbonyl (C=O) groups excluding carboxylic acids is 1. The minimum absolute atomic E-state index is 0.0570. The minimum Gasteiger partial charge on any atom is -0.487 e. The van der Waals surface area contributed by atoms with Gasteiger partial charge in [-0.25, -0.2) is 0 Å². The van der Waals surface area contributed by atoms with Crippen molar-refractivity contribution in [2.75, 3.05) is 25.6 Å². The molecule has 4 atom stereocenters. The Morgan fingerprint density at radius 2 is 1.77 bits per heavy atom. The lowest BCUT2D eigenvalue weighted by Crippen LogP contribution is -2.47. The molecule has 5 rings (SSSR count). The van der Waals surface area contributed by atoms with E-state index in [1.54, 1.807) is 0 Å². The Labute approximate surface area is 206 Å². The Hall–Kier alpha value is -3.35. The molecule has 0 aromatic heterocycles. The molecule has 2 aliphatic rings. The molecule has 0 spiro atoms. The molecular formula is C29H32N2O4. The molecule has 1 amide bonds. The van der Waals surface area contributed by atoms with Gasteiger partial charge in [-0.15, -0.1) is 0 Å². The second-order valence-electron chi connectivity index (χ2n) is 9.56. The number of fused-ring (bicyclic) bond motifs is 3. The lowest BCUT2D eigenvalue weighted by molar-refractivity contribution is -0.142. The number of hydrogen-bond donors (Lipinski definition) is 2. The normalized spacial score (nSPS) is 22.6. The van der Waals surface area contributed by atoms with Crippen molar-refractivity contribution in [3.8, 4) is 16.9 Å². The van der Waals surface area contributed by atoms with Crippen LogP contribution in [-0.2, 0) is 16.1 Å². The van der Waals surface area contributed by atoms with Crippen molar-refractivity contribution in [2.45, 2.75) is 43.6 Å². The molecule has 6 nitrogen and oxygen atoms in total. The molecular weight excluding hydrogens is 440 g/mol. The molecule has 2 N–H and O–H groups in total. The van der Waals surface area contributed by atoms with Gasteiger partial charge in [-0.3, -0.25) is 4.79 Å². The van der Waals surface area contributed by atoms with E-state index in [0.29, 0.717) is 13.0 Å². The second-order valence-corrected chi connectivity index (χ2v) is 9.56. The zero-order valence-corrected chi connectivity index (χ0v) is 20.2. The van der Waals surface area contributed by atoms with Gasteiger partial charge >= 0.3 is 0 Å². The number of nitrogens with one attached hydrogen (secondary N) is 1. The van der Waals surface area contributed by atoms with Crippen molar-refractivity contribution >= 4 is 11.6 Å². The maximum Gasteiger partial charge on any atom is 0.222 e. The van der Waals surface area contributed by atoms with Crippen LogP contribution in [0.4, 0.5) is 5.69 Å². The third-order valence-corrected chi connectivity index (χ3v) is 6.96. The first-order chi connectivity index (χ1) is 17.0. The van der Waals surface area contributed by atoms with Crippen LogP contribution in [0, 0.1) is 0 Å². The molecule has 0 unspecified atom stereocenters. The van der Waals surface area contributed by atoms with E-state index >= 15 is 0 Å². The van der Waals surface area contributed by atoms with Crippen molar-refractivity contribution in [3.63, 3.8) is 0 Å². The zero-order chi connectivity index (χ0) is 24.4. The third kappa shape index (κ3) is 5.04. The molecule has 1 saturated heterocycles. The lowest BCUT2D eigenvalue weighted by Gasteiger charge is -2.37. The van der Waals surface area contributed by atoms with Crippen LogP contribution in [0.3, 0.4) is 0 Å². The summed E-state index contributed by atoms with van der Waals surface area (Å²) < 4.78 is 12.2. The standard InChI is InChI=1S/C29H32N2O4/c1-31(2)22-12-13-26-24(14-22)25-15-23(34-27(18-32)29(25)35-26)16-28(33)30-17-19-8-10-21(11-9-19)20-6-4-3-5-7-20/h3-14,23,25,27,29,32H,15-18H2,1-2H3,(H,30,33)/t23-,25-,27-,29+/m1/s1. The maximum absolute atomic E-state index is 12.8. The van der Waals surface area contributed by atoms with Crippen LogP contribution in [0.15, 0.2) is 72.8 Å². The summed E-state index contributed by atoms with van der Waals surface area (Å²) in [5.41, 5.74) is 5.60. The molecule has 0 radical (unpaired) electrons. The summed E-state index contributed by atoms with van der Waals surface area (Å²) in [6, 6.07) is 24.6. The van der Waals surface area contributed by atoms with Crippen molar-refractivity contribution < 1.29 is 19.4 Å². The van der Waals surface area contributed by atoms with Crippen LogP contribution in [0.1, 0.15) is 29.9 Å². The predicted molar refractivity (Wildman–Crippen MR) is 137 cm³/mol. The van der Waals surface area contributed by atoms with Crippen molar-refractivity contribution in [1.29, 1.82) is 0 Å². The highest BCUT2D eigenvalue weighted by Crippen LogP contribution is 2.47. The average Bonchev–Trinajstić information content (AvgIpc) is 3.25. The summed E-state index contributed by atoms with van der Waals surface area (Å²) in [6.45, 7) is 0.329. The largest absolute Gasteiger partial charge is 0.487 e. The Morgan fingerprint density at radius 1 is 1.03 bits per heavy atom. The number of carbonyl (C=O) groups is 1. The molecule has 3 aromatic carbocycles. The lowest BCUT2D eigenvalue weighted by atomic mass is 9.84. The van der Waals surface area contributed by atoms with Crippen molar-refractivity contribution in [1.82, 2.24) is 5.32 Å². The molecule has 0 aliphatic carbocycles. The van der Waals surface area contributed by atoms with E-state index in [1.807, 2.05) is 56.6 Å². The van der Waals surface area contributed by atoms with Crippen LogP contribution >= 0.6 is 0 Å². The molecule has 1 fully saturated rings. The summed E-state index contributed by atoms with van der Waals surface area (Å²) in [7, 11) is 4.02. The van der Waals surface area contributed by atoms with Gasteiger partial charge in [-0.1, -0.05) is 54.6 Å². The Morgan fingerprint density at radius 3 is 2.49 bits per heavy atom. The number of amides is 1. The summed E-state index contributed by atoms with van der Waals surface area (Å²) >= 11 is 0. The fraction of sp³-hybridized carbons (Fsp3) is 0.345. The highest BCUT2D eigenvalue weighted by molar-refractivity contribution is 5.76. The van der Waals surface area contributed by atoms with Gasteiger partial charge in [0.1, 0.15) is 18.0 Å². The summed E-state index contributed by atoms with van der Waals surface area (Å²) in [5, 5.41) is 13.0. The number of nitrogens with zero attached hydrogens (tertiary/aromatic N) is 1. The van der Waals surface area contributed by atoms with E-state index in [9.17, 15) is 9.90 Å².